The number of rotatable bonds is 1. The van der Waals surface area contributed by atoms with Crippen molar-refractivity contribution >= 4 is 28.2 Å². The van der Waals surface area contributed by atoms with E-state index in [1.807, 2.05) is 39.2 Å². The number of benzene rings is 2. The summed E-state index contributed by atoms with van der Waals surface area (Å²) >= 11 is 6.55. The molecule has 0 radical (unpaired) electrons. The van der Waals surface area contributed by atoms with Crippen LogP contribution < -0.4 is 5.32 Å². The second-order valence-corrected chi connectivity index (χ2v) is 8.73. The zero-order valence-electron chi connectivity index (χ0n) is 17.2. The van der Waals surface area contributed by atoms with Gasteiger partial charge in [-0.3, -0.25) is 4.57 Å². The zero-order chi connectivity index (χ0) is 21.5. The highest BCUT2D eigenvalue weighted by atomic mass is 35.5. The minimum absolute atomic E-state index is 0.0434. The third-order valence-corrected chi connectivity index (χ3v) is 6.23. The molecule has 2 aromatic heterocycles. The van der Waals surface area contributed by atoms with Gasteiger partial charge in [0.2, 0.25) is 0 Å². The number of hydrogen-bond acceptors (Lipinski definition) is 3. The van der Waals surface area contributed by atoms with Gasteiger partial charge in [-0.1, -0.05) is 11.6 Å². The van der Waals surface area contributed by atoms with E-state index in [0.29, 0.717) is 45.1 Å². The maximum Gasteiger partial charge on any atom is 0.162 e. The SMILES string of the molecule is Cc1c(-c2cc(F)cc3c(C)c[nH]c23)c(F)c(Cl)c2c1-n1c(C)nnc1C(C)(C)N2. The Hall–Kier alpha value is -2.93. The van der Waals surface area contributed by atoms with Crippen molar-refractivity contribution in [1.82, 2.24) is 19.7 Å². The summed E-state index contributed by atoms with van der Waals surface area (Å²) in [6.07, 6.45) is 1.78. The van der Waals surface area contributed by atoms with E-state index < -0.39 is 17.2 Å². The van der Waals surface area contributed by atoms with Crippen molar-refractivity contribution in [2.75, 3.05) is 5.32 Å². The number of nitrogens with zero attached hydrogens (tertiary/aromatic N) is 3. The second kappa shape index (κ2) is 6.04. The molecule has 2 N–H and O–H groups in total. The normalized spacial score (nSPS) is 14.5. The van der Waals surface area contributed by atoms with Crippen LogP contribution in [0.25, 0.3) is 27.7 Å². The van der Waals surface area contributed by atoms with Crippen molar-refractivity contribution < 1.29 is 8.78 Å². The van der Waals surface area contributed by atoms with Gasteiger partial charge in [0.15, 0.2) is 11.6 Å². The van der Waals surface area contributed by atoms with Crippen molar-refractivity contribution in [2.24, 2.45) is 0 Å². The molecule has 0 atom stereocenters. The summed E-state index contributed by atoms with van der Waals surface area (Å²) in [7, 11) is 0. The summed E-state index contributed by atoms with van der Waals surface area (Å²) in [6.45, 7) is 9.40. The van der Waals surface area contributed by atoms with Gasteiger partial charge in [-0.2, -0.15) is 0 Å². The van der Waals surface area contributed by atoms with Crippen LogP contribution in [0, 0.1) is 32.4 Å². The average molecular weight is 428 g/mol. The summed E-state index contributed by atoms with van der Waals surface area (Å²) in [5.41, 5.74) is 3.41. The lowest BCUT2D eigenvalue weighted by Crippen LogP contribution is -2.36. The van der Waals surface area contributed by atoms with Crippen molar-refractivity contribution in [2.45, 2.75) is 40.2 Å². The number of H-pyrrole nitrogens is 1. The first-order chi connectivity index (χ1) is 14.1. The zero-order valence-corrected chi connectivity index (χ0v) is 18.0. The van der Waals surface area contributed by atoms with E-state index in [2.05, 4.69) is 20.5 Å². The molecule has 2 aromatic carbocycles. The van der Waals surface area contributed by atoms with Gasteiger partial charge >= 0.3 is 0 Å². The summed E-state index contributed by atoms with van der Waals surface area (Å²) in [5, 5.41) is 12.5. The number of anilines is 1. The molecule has 5 rings (SSSR count). The van der Waals surface area contributed by atoms with E-state index in [4.69, 9.17) is 11.6 Å². The number of hydrogen-bond donors (Lipinski definition) is 2. The first-order valence-corrected chi connectivity index (χ1v) is 9.99. The van der Waals surface area contributed by atoms with E-state index in [9.17, 15) is 4.39 Å². The predicted octanol–water partition coefficient (Wildman–Crippen LogP) is 5.93. The Morgan fingerprint density at radius 1 is 1.10 bits per heavy atom. The summed E-state index contributed by atoms with van der Waals surface area (Å²) in [5.74, 6) is 0.333. The molecule has 0 aliphatic carbocycles. The third kappa shape index (κ3) is 2.38. The lowest BCUT2D eigenvalue weighted by Gasteiger charge is -2.36. The molecule has 0 bridgehead atoms. The smallest absolute Gasteiger partial charge is 0.162 e. The van der Waals surface area contributed by atoms with Crippen LogP contribution in [0.15, 0.2) is 18.3 Å². The van der Waals surface area contributed by atoms with E-state index in [-0.39, 0.29) is 10.6 Å². The molecule has 0 spiro atoms. The largest absolute Gasteiger partial charge is 0.370 e. The summed E-state index contributed by atoms with van der Waals surface area (Å²) < 4.78 is 32.1. The summed E-state index contributed by atoms with van der Waals surface area (Å²) in [4.78, 5) is 3.15. The maximum absolute atomic E-state index is 15.7. The molecule has 4 aromatic rings. The van der Waals surface area contributed by atoms with Crippen molar-refractivity contribution in [3.63, 3.8) is 0 Å². The Morgan fingerprint density at radius 2 is 1.83 bits per heavy atom. The Bertz CT molecular complexity index is 1370. The predicted molar refractivity (Wildman–Crippen MR) is 114 cm³/mol. The van der Waals surface area contributed by atoms with Gasteiger partial charge < -0.3 is 10.3 Å². The van der Waals surface area contributed by atoms with Crippen molar-refractivity contribution in [3.05, 3.63) is 57.8 Å². The number of fused-ring (bicyclic) bond motifs is 4. The standard InChI is InChI=1S/C22H20ClF2N5/c1-9-8-26-18-13(9)6-12(24)7-14(18)15-10(2)20-19(16(23)17(15)25)27-22(4,5)21-29-28-11(3)30(20)21/h6-8,26-27H,1-5H3. The third-order valence-electron chi connectivity index (χ3n) is 5.87. The van der Waals surface area contributed by atoms with Gasteiger partial charge in [0, 0.05) is 22.7 Å². The highest BCUT2D eigenvalue weighted by molar-refractivity contribution is 6.34. The average Bonchev–Trinajstić information content (AvgIpc) is 3.24. The van der Waals surface area contributed by atoms with Crippen LogP contribution in [-0.4, -0.2) is 19.7 Å². The van der Waals surface area contributed by atoms with E-state index in [1.54, 1.807) is 6.20 Å². The van der Waals surface area contributed by atoms with Gasteiger partial charge in [0.25, 0.3) is 0 Å². The van der Waals surface area contributed by atoms with Gasteiger partial charge in [0.05, 0.1) is 22.4 Å². The van der Waals surface area contributed by atoms with Gasteiger partial charge in [-0.25, -0.2) is 8.78 Å². The van der Waals surface area contributed by atoms with E-state index in [0.717, 1.165) is 5.56 Å². The first-order valence-electron chi connectivity index (χ1n) is 9.62. The van der Waals surface area contributed by atoms with Crippen LogP contribution in [0.1, 0.15) is 36.6 Å². The fourth-order valence-corrected chi connectivity index (χ4v) is 4.67. The molecule has 0 fully saturated rings. The Morgan fingerprint density at radius 3 is 2.57 bits per heavy atom. The Balaban J connectivity index is 1.92. The summed E-state index contributed by atoms with van der Waals surface area (Å²) in [6, 6.07) is 2.79. The van der Waals surface area contributed by atoms with Crippen LogP contribution >= 0.6 is 11.6 Å². The number of aromatic amines is 1. The quantitative estimate of drug-likeness (QED) is 0.395. The fourth-order valence-electron chi connectivity index (χ4n) is 4.44. The Kier molecular flexibility index (Phi) is 3.84. The first kappa shape index (κ1) is 19.1. The molecule has 8 heteroatoms. The monoisotopic (exact) mass is 427 g/mol. The maximum atomic E-state index is 15.7. The van der Waals surface area contributed by atoms with Crippen LogP contribution in [0.3, 0.4) is 0 Å². The molecule has 30 heavy (non-hydrogen) atoms. The molecular weight excluding hydrogens is 408 g/mol. The highest BCUT2D eigenvalue weighted by Gasteiger charge is 2.38. The molecule has 3 heterocycles. The van der Waals surface area contributed by atoms with Gasteiger partial charge in [-0.05, 0) is 57.9 Å². The number of aryl methyl sites for hydroxylation is 2. The fraction of sp³-hybridized carbons (Fsp3) is 0.273. The molecule has 0 unspecified atom stereocenters. The van der Waals surface area contributed by atoms with Crippen molar-refractivity contribution in [3.8, 4) is 16.8 Å². The second-order valence-electron chi connectivity index (χ2n) is 8.36. The molecule has 0 saturated heterocycles. The molecule has 154 valence electrons. The minimum Gasteiger partial charge on any atom is -0.370 e. The number of nitrogens with one attached hydrogen (secondary N) is 2. The van der Waals surface area contributed by atoms with Crippen molar-refractivity contribution in [1.29, 1.82) is 0 Å². The minimum atomic E-state index is -0.596. The van der Waals surface area contributed by atoms with E-state index >= 15 is 4.39 Å². The van der Waals surface area contributed by atoms with E-state index in [1.165, 1.54) is 12.1 Å². The van der Waals surface area contributed by atoms with Gasteiger partial charge in [-0.15, -0.1) is 10.2 Å². The van der Waals surface area contributed by atoms with Crippen LogP contribution in [0.2, 0.25) is 5.02 Å². The topological polar surface area (TPSA) is 58.5 Å². The van der Waals surface area contributed by atoms with Crippen LogP contribution in [0.4, 0.5) is 14.5 Å². The lowest BCUT2D eigenvalue weighted by atomic mass is 9.92. The Labute approximate surface area is 177 Å². The molecular formula is C22H20ClF2N5. The molecule has 1 aliphatic rings. The van der Waals surface area contributed by atoms with Crippen LogP contribution in [0.5, 0.6) is 0 Å². The number of aromatic nitrogens is 4. The molecule has 5 nitrogen and oxygen atoms in total. The molecule has 1 aliphatic heterocycles. The van der Waals surface area contributed by atoms with Crippen LogP contribution in [-0.2, 0) is 5.54 Å². The molecule has 0 saturated carbocycles. The highest BCUT2D eigenvalue weighted by Crippen LogP contribution is 2.48. The van der Waals surface area contributed by atoms with Gasteiger partial charge in [0.1, 0.15) is 16.7 Å². The molecule has 0 amide bonds. The lowest BCUT2D eigenvalue weighted by molar-refractivity contribution is 0.532. The number of halogens is 3.